The molecule has 0 saturated carbocycles. The topological polar surface area (TPSA) is 125 Å². The molecule has 0 atom stereocenters. The third kappa shape index (κ3) is 5.25. The average Bonchev–Trinajstić information content (AvgIpc) is 3.65. The van der Waals surface area contributed by atoms with Gasteiger partial charge < -0.3 is 20.2 Å². The second-order valence-corrected chi connectivity index (χ2v) is 10.1. The molecule has 0 spiro atoms. The molecule has 0 bridgehead atoms. The number of rotatable bonds is 7. The first-order valence-corrected chi connectivity index (χ1v) is 12.7. The number of benzene rings is 1. The minimum atomic E-state index is -4.77. The number of furan rings is 1. The van der Waals surface area contributed by atoms with Gasteiger partial charge in [0.1, 0.15) is 26.9 Å². The van der Waals surface area contributed by atoms with Gasteiger partial charge in [0.25, 0.3) is 11.8 Å². The Morgan fingerprint density at radius 1 is 1.20 bits per heavy atom. The number of anilines is 1. The lowest BCUT2D eigenvalue weighted by atomic mass is 10.1. The van der Waals surface area contributed by atoms with Crippen molar-refractivity contribution in [3.8, 4) is 17.1 Å². The SMILES string of the molecule is Cc1cc(OCn2ccc(C(=O)Nc3c(C(N)=O)sc4nc(C(F)(F)F)cc(-c5ccco5)c34)n2)cc(C)c1Cl. The fourth-order valence-electron chi connectivity index (χ4n) is 4.02. The van der Waals surface area contributed by atoms with Gasteiger partial charge in [0.2, 0.25) is 0 Å². The zero-order chi connectivity index (χ0) is 28.8. The Balaban J connectivity index is 1.47. The van der Waals surface area contributed by atoms with E-state index in [9.17, 15) is 22.8 Å². The summed E-state index contributed by atoms with van der Waals surface area (Å²) in [5.41, 5.74) is 5.86. The molecule has 4 heterocycles. The number of nitrogens with zero attached hydrogens (tertiary/aromatic N) is 3. The number of hydrogen-bond donors (Lipinski definition) is 2. The molecule has 9 nitrogen and oxygen atoms in total. The van der Waals surface area contributed by atoms with Crippen LogP contribution in [0, 0.1) is 13.8 Å². The number of nitrogens with two attached hydrogens (primary N) is 1. The molecule has 0 aliphatic carbocycles. The molecular weight excluding hydrogens is 571 g/mol. The molecule has 2 amide bonds. The Kier molecular flexibility index (Phi) is 7.02. The third-order valence-corrected chi connectivity index (χ3v) is 7.54. The number of hydrogen-bond acceptors (Lipinski definition) is 7. The summed E-state index contributed by atoms with van der Waals surface area (Å²) >= 11 is 6.82. The predicted octanol–water partition coefficient (Wildman–Crippen LogP) is 6.43. The lowest BCUT2D eigenvalue weighted by Crippen LogP contribution is -2.18. The van der Waals surface area contributed by atoms with Crippen molar-refractivity contribution in [1.29, 1.82) is 0 Å². The molecule has 5 aromatic rings. The van der Waals surface area contributed by atoms with E-state index in [4.69, 9.17) is 26.5 Å². The molecule has 5 rings (SSSR count). The molecule has 3 N–H and O–H groups in total. The minimum absolute atomic E-state index is 0.0194. The van der Waals surface area contributed by atoms with Gasteiger partial charge in [0.15, 0.2) is 12.4 Å². The van der Waals surface area contributed by atoms with E-state index in [0.29, 0.717) is 22.1 Å². The van der Waals surface area contributed by atoms with Crippen molar-refractivity contribution in [3.63, 3.8) is 0 Å². The predicted molar refractivity (Wildman–Crippen MR) is 143 cm³/mol. The van der Waals surface area contributed by atoms with Gasteiger partial charge in [0, 0.05) is 22.2 Å². The largest absolute Gasteiger partial charge is 0.471 e. The number of alkyl halides is 3. The van der Waals surface area contributed by atoms with E-state index >= 15 is 0 Å². The Morgan fingerprint density at radius 2 is 1.93 bits per heavy atom. The van der Waals surface area contributed by atoms with Crippen LogP contribution in [0.1, 0.15) is 37.0 Å². The number of ether oxygens (including phenoxy) is 1. The Hall–Kier alpha value is -4.36. The minimum Gasteiger partial charge on any atom is -0.471 e. The van der Waals surface area contributed by atoms with Crippen molar-refractivity contribution in [1.82, 2.24) is 14.8 Å². The van der Waals surface area contributed by atoms with Gasteiger partial charge in [-0.15, -0.1) is 11.3 Å². The molecule has 1 aromatic carbocycles. The van der Waals surface area contributed by atoms with E-state index in [2.05, 4.69) is 15.4 Å². The standard InChI is InChI=1S/C26H19ClF3N5O4S/c1-12-8-14(9-13(2)20(12)27)39-11-35-6-5-16(34-35)24(37)33-21-19-15(17-4-3-7-38-17)10-18(26(28,29)30)32-25(19)40-22(21)23(31)36/h3-10H,11H2,1-2H3,(H2,31,36)(H,33,37). The van der Waals surface area contributed by atoms with Gasteiger partial charge in [-0.3, -0.25) is 9.59 Å². The maximum absolute atomic E-state index is 13.6. The number of nitrogens with one attached hydrogen (secondary N) is 1. The monoisotopic (exact) mass is 589 g/mol. The zero-order valence-corrected chi connectivity index (χ0v) is 22.4. The van der Waals surface area contributed by atoms with Gasteiger partial charge in [-0.2, -0.15) is 18.3 Å². The van der Waals surface area contributed by atoms with E-state index in [-0.39, 0.29) is 44.5 Å². The quantitative estimate of drug-likeness (QED) is 0.225. The van der Waals surface area contributed by atoms with E-state index in [1.165, 1.54) is 35.3 Å². The molecule has 206 valence electrons. The van der Waals surface area contributed by atoms with Crippen LogP contribution in [0.3, 0.4) is 0 Å². The average molecular weight is 590 g/mol. The first-order chi connectivity index (χ1) is 18.9. The third-order valence-electron chi connectivity index (χ3n) is 5.85. The summed E-state index contributed by atoms with van der Waals surface area (Å²) in [6.45, 7) is 3.68. The number of halogens is 4. The fourth-order valence-corrected chi connectivity index (χ4v) is 5.14. The second kappa shape index (κ2) is 10.3. The van der Waals surface area contributed by atoms with Gasteiger partial charge in [-0.1, -0.05) is 11.6 Å². The highest BCUT2D eigenvalue weighted by Gasteiger charge is 2.35. The molecule has 4 aromatic heterocycles. The van der Waals surface area contributed by atoms with Crippen LogP contribution in [-0.4, -0.2) is 26.6 Å². The second-order valence-electron chi connectivity index (χ2n) is 8.72. The normalized spacial score (nSPS) is 11.7. The molecule has 40 heavy (non-hydrogen) atoms. The summed E-state index contributed by atoms with van der Waals surface area (Å²) in [6, 6.07) is 8.70. The van der Waals surface area contributed by atoms with Gasteiger partial charge in [-0.05, 0) is 61.4 Å². The molecule has 0 unspecified atom stereocenters. The fraction of sp³-hybridized carbons (Fsp3) is 0.154. The number of pyridine rings is 1. The van der Waals surface area contributed by atoms with E-state index in [1.54, 1.807) is 12.1 Å². The van der Waals surface area contributed by atoms with E-state index < -0.39 is 23.7 Å². The lowest BCUT2D eigenvalue weighted by molar-refractivity contribution is -0.140. The Labute approximate surface area is 233 Å². The summed E-state index contributed by atoms with van der Waals surface area (Å²) in [6.07, 6.45) is -1.97. The summed E-state index contributed by atoms with van der Waals surface area (Å²) in [5, 5.41) is 7.49. The Bertz CT molecular complexity index is 1740. The van der Waals surface area contributed by atoms with E-state index in [1.807, 2.05) is 13.8 Å². The number of amides is 2. The maximum Gasteiger partial charge on any atom is 0.433 e. The summed E-state index contributed by atoms with van der Waals surface area (Å²) < 4.78 is 53.2. The van der Waals surface area contributed by atoms with Crippen molar-refractivity contribution in [2.75, 3.05) is 5.32 Å². The summed E-state index contributed by atoms with van der Waals surface area (Å²) in [5.74, 6) is -1.04. The number of aryl methyl sites for hydroxylation is 2. The van der Waals surface area contributed by atoms with Crippen LogP contribution in [0.15, 0.2) is 53.3 Å². The molecule has 0 saturated heterocycles. The van der Waals surface area contributed by atoms with Crippen molar-refractivity contribution in [2.24, 2.45) is 5.73 Å². The summed E-state index contributed by atoms with van der Waals surface area (Å²) in [7, 11) is 0. The number of primary amides is 1. The maximum atomic E-state index is 13.6. The first kappa shape index (κ1) is 27.2. The highest BCUT2D eigenvalue weighted by atomic mass is 35.5. The van der Waals surface area contributed by atoms with Crippen molar-refractivity contribution in [2.45, 2.75) is 26.8 Å². The highest BCUT2D eigenvalue weighted by Crippen LogP contribution is 2.43. The van der Waals surface area contributed by atoms with Gasteiger partial charge >= 0.3 is 6.18 Å². The van der Waals surface area contributed by atoms with E-state index in [0.717, 1.165) is 17.2 Å². The van der Waals surface area contributed by atoms with Crippen LogP contribution in [-0.2, 0) is 12.9 Å². The molecule has 0 aliphatic heterocycles. The lowest BCUT2D eigenvalue weighted by Gasteiger charge is -2.11. The molecule has 0 radical (unpaired) electrons. The van der Waals surface area contributed by atoms with Crippen molar-refractivity contribution in [3.05, 3.63) is 81.3 Å². The van der Waals surface area contributed by atoms with Crippen molar-refractivity contribution >= 4 is 50.7 Å². The van der Waals surface area contributed by atoms with Gasteiger partial charge in [0.05, 0.1) is 12.0 Å². The molecule has 0 fully saturated rings. The van der Waals surface area contributed by atoms with Crippen LogP contribution < -0.4 is 15.8 Å². The Morgan fingerprint density at radius 3 is 2.55 bits per heavy atom. The van der Waals surface area contributed by atoms with Crippen LogP contribution in [0.4, 0.5) is 18.9 Å². The number of fused-ring (bicyclic) bond motifs is 1. The van der Waals surface area contributed by atoms with Crippen LogP contribution >= 0.6 is 22.9 Å². The van der Waals surface area contributed by atoms with Crippen molar-refractivity contribution < 1.29 is 31.9 Å². The summed E-state index contributed by atoms with van der Waals surface area (Å²) in [4.78, 5) is 28.7. The molecule has 0 aliphatic rings. The number of thiophene rings is 1. The smallest absolute Gasteiger partial charge is 0.433 e. The number of aromatic nitrogens is 3. The molecule has 14 heteroatoms. The van der Waals surface area contributed by atoms with Crippen LogP contribution in [0.5, 0.6) is 5.75 Å². The molecular formula is C26H19ClF3N5O4S. The first-order valence-electron chi connectivity index (χ1n) is 11.5. The van der Waals surface area contributed by atoms with Crippen LogP contribution in [0.25, 0.3) is 21.5 Å². The number of carbonyl (C=O) groups excluding carboxylic acids is 2. The van der Waals surface area contributed by atoms with Crippen LogP contribution in [0.2, 0.25) is 5.02 Å². The number of carbonyl (C=O) groups is 2. The zero-order valence-electron chi connectivity index (χ0n) is 20.8. The van der Waals surface area contributed by atoms with Gasteiger partial charge in [-0.25, -0.2) is 9.67 Å². The highest BCUT2D eigenvalue weighted by molar-refractivity contribution is 7.21.